The smallest absolute Gasteiger partial charge is 0.261 e. The van der Waals surface area contributed by atoms with Crippen molar-refractivity contribution in [1.29, 1.82) is 0 Å². The van der Waals surface area contributed by atoms with Gasteiger partial charge in [-0.15, -0.1) is 0 Å². The molecule has 7 heteroatoms. The second-order valence-corrected chi connectivity index (χ2v) is 8.09. The molecule has 0 saturated heterocycles. The number of ketones is 1. The van der Waals surface area contributed by atoms with Gasteiger partial charge in [0.1, 0.15) is 0 Å². The van der Waals surface area contributed by atoms with Crippen LogP contribution in [-0.2, 0) is 10.0 Å². The number of benzene rings is 3. The number of carbonyl (C=O) groups is 1. The molecular weight excluding hydrogens is 393 g/mol. The van der Waals surface area contributed by atoms with E-state index in [1.54, 1.807) is 12.1 Å². The van der Waals surface area contributed by atoms with E-state index >= 15 is 0 Å². The Kier molecular flexibility index (Phi) is 5.79. The molecule has 148 valence electrons. The molecule has 0 aromatic heterocycles. The van der Waals surface area contributed by atoms with Crippen molar-refractivity contribution in [2.24, 2.45) is 0 Å². The average molecular weight is 411 g/mol. The van der Waals surface area contributed by atoms with Crippen LogP contribution in [0.25, 0.3) is 6.08 Å². The average Bonchev–Trinajstić information content (AvgIpc) is 2.69. The molecule has 0 aliphatic carbocycles. The van der Waals surface area contributed by atoms with Crippen LogP contribution in [-0.4, -0.2) is 19.3 Å². The molecule has 0 unspecified atom stereocenters. The first-order chi connectivity index (χ1) is 13.7. The third-order valence-electron chi connectivity index (χ3n) is 4.15. The number of sulfonamides is 1. The Balaban J connectivity index is 1.70. The van der Waals surface area contributed by atoms with Gasteiger partial charge in [0, 0.05) is 11.3 Å². The van der Waals surface area contributed by atoms with Crippen molar-refractivity contribution in [3.8, 4) is 5.75 Å². The van der Waals surface area contributed by atoms with Gasteiger partial charge in [0.25, 0.3) is 10.0 Å². The SMILES string of the molecule is Cc1ccc(S(=O)(=O)Nc2ccc(C(=O)/C=C/c3ccc(O)c(F)c3)cc2)cc1. The van der Waals surface area contributed by atoms with Crippen molar-refractivity contribution in [2.45, 2.75) is 11.8 Å². The normalized spacial score (nSPS) is 11.5. The number of hydrogen-bond donors (Lipinski definition) is 2. The van der Waals surface area contributed by atoms with Gasteiger partial charge in [-0.25, -0.2) is 12.8 Å². The number of phenols is 1. The van der Waals surface area contributed by atoms with Crippen LogP contribution in [0.5, 0.6) is 5.75 Å². The quantitative estimate of drug-likeness (QED) is 0.461. The Morgan fingerprint density at radius 3 is 2.28 bits per heavy atom. The zero-order chi connectivity index (χ0) is 21.0. The van der Waals surface area contributed by atoms with E-state index in [1.165, 1.54) is 60.7 Å². The highest BCUT2D eigenvalue weighted by molar-refractivity contribution is 7.92. The van der Waals surface area contributed by atoms with Crippen LogP contribution < -0.4 is 4.72 Å². The topological polar surface area (TPSA) is 83.5 Å². The number of rotatable bonds is 6. The molecule has 2 N–H and O–H groups in total. The molecule has 0 aliphatic rings. The second-order valence-electron chi connectivity index (χ2n) is 6.40. The van der Waals surface area contributed by atoms with Crippen LogP contribution in [0, 0.1) is 12.7 Å². The van der Waals surface area contributed by atoms with Crippen molar-refractivity contribution < 1.29 is 22.7 Å². The van der Waals surface area contributed by atoms with Gasteiger partial charge < -0.3 is 5.11 Å². The first kappa shape index (κ1) is 20.3. The fourth-order valence-corrected chi connectivity index (χ4v) is 3.59. The van der Waals surface area contributed by atoms with Crippen molar-refractivity contribution >= 4 is 27.6 Å². The zero-order valence-electron chi connectivity index (χ0n) is 15.5. The molecule has 3 aromatic rings. The number of hydrogen-bond acceptors (Lipinski definition) is 4. The van der Waals surface area contributed by atoms with Crippen LogP contribution in [0.4, 0.5) is 10.1 Å². The third kappa shape index (κ3) is 5.08. The van der Waals surface area contributed by atoms with E-state index < -0.39 is 21.6 Å². The molecule has 3 rings (SSSR count). The summed E-state index contributed by atoms with van der Waals surface area (Å²) in [5, 5.41) is 9.18. The Hall–Kier alpha value is -3.45. The van der Waals surface area contributed by atoms with E-state index in [9.17, 15) is 22.7 Å². The molecule has 0 saturated carbocycles. The van der Waals surface area contributed by atoms with Gasteiger partial charge in [-0.05, 0) is 67.1 Å². The predicted molar refractivity (Wildman–Crippen MR) is 110 cm³/mol. The summed E-state index contributed by atoms with van der Waals surface area (Å²) in [7, 11) is -3.72. The number of halogens is 1. The van der Waals surface area contributed by atoms with E-state index in [-0.39, 0.29) is 10.7 Å². The largest absolute Gasteiger partial charge is 0.505 e. The van der Waals surface area contributed by atoms with Gasteiger partial charge in [-0.1, -0.05) is 29.8 Å². The Labute approximate surface area is 168 Å². The standard InChI is InChI=1S/C22H18FNO4S/c1-15-2-10-19(11-3-15)29(27,28)24-18-8-6-17(7-9-18)21(25)12-4-16-5-13-22(26)20(23)14-16/h2-14,24,26H,1H3/b12-4+. The van der Waals surface area contributed by atoms with Gasteiger partial charge in [0.05, 0.1) is 4.90 Å². The number of aromatic hydroxyl groups is 1. The summed E-state index contributed by atoms with van der Waals surface area (Å²) in [4.78, 5) is 12.4. The van der Waals surface area contributed by atoms with Crippen molar-refractivity contribution in [1.82, 2.24) is 0 Å². The lowest BCUT2D eigenvalue weighted by Crippen LogP contribution is -2.13. The molecule has 0 aliphatic heterocycles. The first-order valence-electron chi connectivity index (χ1n) is 8.65. The van der Waals surface area contributed by atoms with E-state index in [4.69, 9.17) is 0 Å². The van der Waals surface area contributed by atoms with Crippen LogP contribution >= 0.6 is 0 Å². The molecule has 0 fully saturated rings. The lowest BCUT2D eigenvalue weighted by molar-refractivity contribution is 0.104. The molecule has 0 radical (unpaired) electrons. The highest BCUT2D eigenvalue weighted by atomic mass is 32.2. The van der Waals surface area contributed by atoms with Crippen LogP contribution in [0.1, 0.15) is 21.5 Å². The number of nitrogens with one attached hydrogen (secondary N) is 1. The molecule has 0 atom stereocenters. The second kappa shape index (κ2) is 8.28. The Morgan fingerprint density at radius 2 is 1.66 bits per heavy atom. The molecule has 5 nitrogen and oxygen atoms in total. The first-order valence-corrected chi connectivity index (χ1v) is 10.1. The number of aryl methyl sites for hydroxylation is 1. The summed E-state index contributed by atoms with van der Waals surface area (Å²) < 4.78 is 40.6. The van der Waals surface area contributed by atoms with Crippen molar-refractivity contribution in [2.75, 3.05) is 4.72 Å². The molecule has 0 spiro atoms. The van der Waals surface area contributed by atoms with Crippen molar-refractivity contribution in [3.05, 3.63) is 95.3 Å². The molecule has 0 bridgehead atoms. The monoisotopic (exact) mass is 411 g/mol. The number of phenolic OH excluding ortho intramolecular Hbond substituents is 1. The summed E-state index contributed by atoms with van der Waals surface area (Å²) in [6.45, 7) is 1.87. The minimum atomic E-state index is -3.72. The van der Waals surface area contributed by atoms with E-state index in [2.05, 4.69) is 4.72 Å². The minimum absolute atomic E-state index is 0.146. The number of carbonyl (C=O) groups excluding carboxylic acids is 1. The van der Waals surface area contributed by atoms with E-state index in [0.717, 1.165) is 11.6 Å². The van der Waals surface area contributed by atoms with Gasteiger partial charge >= 0.3 is 0 Å². The van der Waals surface area contributed by atoms with E-state index in [0.29, 0.717) is 16.8 Å². The van der Waals surface area contributed by atoms with Crippen LogP contribution in [0.3, 0.4) is 0 Å². The molecular formula is C22H18FNO4S. The third-order valence-corrected chi connectivity index (χ3v) is 5.55. The molecule has 0 amide bonds. The number of allylic oxidation sites excluding steroid dienone is 1. The Bertz CT molecular complexity index is 1170. The maximum Gasteiger partial charge on any atom is 0.261 e. The van der Waals surface area contributed by atoms with Gasteiger partial charge in [-0.2, -0.15) is 0 Å². The van der Waals surface area contributed by atoms with Gasteiger partial charge in [0.2, 0.25) is 0 Å². The molecule has 0 heterocycles. The summed E-state index contributed by atoms with van der Waals surface area (Å²) in [6, 6.07) is 16.2. The summed E-state index contributed by atoms with van der Waals surface area (Å²) in [5.41, 5.74) is 2.05. The van der Waals surface area contributed by atoms with Crippen molar-refractivity contribution in [3.63, 3.8) is 0 Å². The van der Waals surface area contributed by atoms with E-state index in [1.807, 2.05) is 6.92 Å². The Morgan fingerprint density at radius 1 is 1.00 bits per heavy atom. The number of anilines is 1. The highest BCUT2D eigenvalue weighted by Crippen LogP contribution is 2.19. The zero-order valence-corrected chi connectivity index (χ0v) is 16.3. The van der Waals surface area contributed by atoms with Gasteiger partial charge in [-0.3, -0.25) is 9.52 Å². The molecule has 29 heavy (non-hydrogen) atoms. The summed E-state index contributed by atoms with van der Waals surface area (Å²) in [5.74, 6) is -1.56. The predicted octanol–water partition coefficient (Wildman–Crippen LogP) is 4.54. The van der Waals surface area contributed by atoms with Gasteiger partial charge in [0.15, 0.2) is 17.3 Å². The fraction of sp³-hybridized carbons (Fsp3) is 0.0455. The maximum absolute atomic E-state index is 13.3. The van der Waals surface area contributed by atoms with Crippen LogP contribution in [0.15, 0.2) is 77.7 Å². The maximum atomic E-state index is 13.3. The fourth-order valence-electron chi connectivity index (χ4n) is 2.53. The summed E-state index contributed by atoms with van der Waals surface area (Å²) >= 11 is 0. The highest BCUT2D eigenvalue weighted by Gasteiger charge is 2.14. The van der Waals surface area contributed by atoms with Crippen LogP contribution in [0.2, 0.25) is 0 Å². The lowest BCUT2D eigenvalue weighted by atomic mass is 10.1. The molecule has 3 aromatic carbocycles. The lowest BCUT2D eigenvalue weighted by Gasteiger charge is -2.08. The minimum Gasteiger partial charge on any atom is -0.505 e. The summed E-state index contributed by atoms with van der Waals surface area (Å²) in [6.07, 6.45) is 2.70.